The van der Waals surface area contributed by atoms with E-state index in [9.17, 15) is 19.5 Å². The number of amides is 2. The molecule has 3 rings (SSSR count). The molecule has 8 heteroatoms. The van der Waals surface area contributed by atoms with Crippen molar-refractivity contribution in [2.24, 2.45) is 11.8 Å². The van der Waals surface area contributed by atoms with E-state index in [1.807, 2.05) is 50.2 Å². The van der Waals surface area contributed by atoms with Gasteiger partial charge in [0.1, 0.15) is 6.61 Å². The van der Waals surface area contributed by atoms with Crippen molar-refractivity contribution in [2.75, 3.05) is 19.7 Å². The number of benzene rings is 2. The Morgan fingerprint density at radius 3 is 2.11 bits per heavy atom. The molecule has 0 aromatic heterocycles. The number of carbonyl (C=O) groups is 3. The van der Waals surface area contributed by atoms with E-state index < -0.39 is 30.0 Å². The van der Waals surface area contributed by atoms with Gasteiger partial charge in [-0.3, -0.25) is 9.59 Å². The fourth-order valence-electron chi connectivity index (χ4n) is 4.52. The Balaban J connectivity index is 1.56. The zero-order valence-electron chi connectivity index (χ0n) is 20.4. The van der Waals surface area contributed by atoms with Gasteiger partial charge in [0.25, 0.3) is 0 Å². The summed E-state index contributed by atoms with van der Waals surface area (Å²) in [7, 11) is 0. The molecule has 1 aliphatic carbocycles. The van der Waals surface area contributed by atoms with E-state index in [2.05, 4.69) is 22.8 Å². The van der Waals surface area contributed by atoms with E-state index in [4.69, 9.17) is 9.84 Å². The van der Waals surface area contributed by atoms with E-state index in [0.29, 0.717) is 6.42 Å². The molecule has 8 nitrogen and oxygen atoms in total. The van der Waals surface area contributed by atoms with Crippen molar-refractivity contribution >= 4 is 18.0 Å². The number of hydrogen-bond acceptors (Lipinski definition) is 5. The number of aliphatic carboxylic acids is 1. The molecule has 188 valence electrons. The third-order valence-electron chi connectivity index (χ3n) is 6.14. The van der Waals surface area contributed by atoms with Gasteiger partial charge in [0.2, 0.25) is 5.91 Å². The number of alkyl carbamates (subject to hydrolysis) is 1. The Morgan fingerprint density at radius 2 is 1.57 bits per heavy atom. The minimum Gasteiger partial charge on any atom is -0.481 e. The van der Waals surface area contributed by atoms with Crippen LogP contribution in [0.2, 0.25) is 0 Å². The fraction of sp³-hybridized carbons (Fsp3) is 0.444. The molecule has 1 aliphatic rings. The van der Waals surface area contributed by atoms with E-state index in [-0.39, 0.29) is 37.4 Å². The van der Waals surface area contributed by atoms with Gasteiger partial charge in [0.15, 0.2) is 0 Å². The van der Waals surface area contributed by atoms with E-state index in [1.165, 1.54) is 6.92 Å². The second kappa shape index (κ2) is 11.4. The number of hydrogen-bond donors (Lipinski definition) is 4. The predicted octanol–water partition coefficient (Wildman–Crippen LogP) is 3.53. The highest BCUT2D eigenvalue weighted by Gasteiger charge is 2.30. The zero-order chi connectivity index (χ0) is 25.6. The molecule has 4 N–H and O–H groups in total. The van der Waals surface area contributed by atoms with E-state index in [1.54, 1.807) is 0 Å². The highest BCUT2D eigenvalue weighted by Crippen LogP contribution is 2.44. The number of ether oxygens (including phenoxy) is 1. The monoisotopic (exact) mass is 482 g/mol. The Kier molecular flexibility index (Phi) is 8.51. The molecule has 2 aromatic carbocycles. The lowest BCUT2D eigenvalue weighted by atomic mass is 9.95. The van der Waals surface area contributed by atoms with Crippen LogP contribution in [0.3, 0.4) is 0 Å². The van der Waals surface area contributed by atoms with Crippen molar-refractivity contribution < 1.29 is 29.3 Å². The Morgan fingerprint density at radius 1 is 1.00 bits per heavy atom. The Bertz CT molecular complexity index is 1020. The molecule has 0 aliphatic heterocycles. The van der Waals surface area contributed by atoms with Crippen molar-refractivity contribution in [3.05, 3.63) is 59.7 Å². The molecule has 0 spiro atoms. The van der Waals surface area contributed by atoms with E-state index >= 15 is 0 Å². The first-order chi connectivity index (χ1) is 16.6. The standard InChI is InChI=1S/C27H34N2O6/c1-17(2)12-18(25(32)29-16-27(3,34)13-24(30)31)14-28-26(33)35-15-23-21-10-6-4-8-19(21)20-9-5-7-11-22(20)23/h4-11,17-18,23,34H,12-16H2,1-3H3,(H,28,33)(H,29,32)(H,30,31). The number of carboxylic acid groups (broad SMARTS) is 1. The summed E-state index contributed by atoms with van der Waals surface area (Å²) < 4.78 is 5.55. The summed E-state index contributed by atoms with van der Waals surface area (Å²) in [5, 5.41) is 24.3. The van der Waals surface area contributed by atoms with Crippen LogP contribution in [-0.4, -0.2) is 53.5 Å². The topological polar surface area (TPSA) is 125 Å². The van der Waals surface area contributed by atoms with Gasteiger partial charge in [-0.25, -0.2) is 4.79 Å². The number of carbonyl (C=O) groups excluding carboxylic acids is 2. The highest BCUT2D eigenvalue weighted by molar-refractivity contribution is 5.80. The van der Waals surface area contributed by atoms with Crippen LogP contribution in [-0.2, 0) is 14.3 Å². The first-order valence-electron chi connectivity index (χ1n) is 11.9. The first kappa shape index (κ1) is 26.2. The van der Waals surface area contributed by atoms with Crippen LogP contribution in [0.1, 0.15) is 50.7 Å². The third-order valence-corrected chi connectivity index (χ3v) is 6.14. The molecule has 2 atom stereocenters. The number of rotatable bonds is 11. The molecule has 0 heterocycles. The molecule has 0 radical (unpaired) electrons. The lowest BCUT2D eigenvalue weighted by molar-refractivity contribution is -0.142. The second-order valence-corrected chi connectivity index (χ2v) is 9.82. The molecule has 0 saturated heterocycles. The summed E-state index contributed by atoms with van der Waals surface area (Å²) in [6, 6.07) is 16.2. The van der Waals surface area contributed by atoms with Crippen molar-refractivity contribution in [3.63, 3.8) is 0 Å². The summed E-state index contributed by atoms with van der Waals surface area (Å²) in [5.74, 6) is -1.92. The Labute approximate surface area is 205 Å². The van der Waals surface area contributed by atoms with Crippen LogP contribution in [0.25, 0.3) is 11.1 Å². The molecule has 0 bridgehead atoms. The lowest BCUT2D eigenvalue weighted by Gasteiger charge is -2.24. The second-order valence-electron chi connectivity index (χ2n) is 9.82. The van der Waals surface area contributed by atoms with Gasteiger partial charge in [-0.05, 0) is 41.5 Å². The Hall–Kier alpha value is -3.39. The van der Waals surface area contributed by atoms with Gasteiger partial charge in [-0.2, -0.15) is 0 Å². The predicted molar refractivity (Wildman–Crippen MR) is 132 cm³/mol. The summed E-state index contributed by atoms with van der Waals surface area (Å²) in [6.07, 6.45) is -0.581. The summed E-state index contributed by atoms with van der Waals surface area (Å²) in [4.78, 5) is 36.1. The summed E-state index contributed by atoms with van der Waals surface area (Å²) in [5.41, 5.74) is 2.96. The minimum atomic E-state index is -1.57. The van der Waals surface area contributed by atoms with Gasteiger partial charge >= 0.3 is 12.1 Å². The van der Waals surface area contributed by atoms with Crippen LogP contribution < -0.4 is 10.6 Å². The fourth-order valence-corrected chi connectivity index (χ4v) is 4.52. The van der Waals surface area contributed by atoms with Crippen molar-refractivity contribution in [2.45, 2.75) is 45.1 Å². The van der Waals surface area contributed by atoms with Crippen LogP contribution in [0.4, 0.5) is 4.79 Å². The largest absolute Gasteiger partial charge is 0.481 e. The highest BCUT2D eigenvalue weighted by atomic mass is 16.5. The number of aliphatic hydroxyl groups is 1. The van der Waals surface area contributed by atoms with Crippen molar-refractivity contribution in [1.82, 2.24) is 10.6 Å². The molecule has 2 amide bonds. The van der Waals surface area contributed by atoms with Crippen LogP contribution in [0.15, 0.2) is 48.5 Å². The molecule has 0 saturated carbocycles. The lowest BCUT2D eigenvalue weighted by Crippen LogP contribution is -2.46. The van der Waals surface area contributed by atoms with Gasteiger partial charge in [-0.1, -0.05) is 62.4 Å². The summed E-state index contributed by atoms with van der Waals surface area (Å²) in [6.45, 7) is 5.34. The van der Waals surface area contributed by atoms with Crippen LogP contribution in [0.5, 0.6) is 0 Å². The zero-order valence-corrected chi connectivity index (χ0v) is 20.4. The molecule has 35 heavy (non-hydrogen) atoms. The first-order valence-corrected chi connectivity index (χ1v) is 11.9. The van der Waals surface area contributed by atoms with Gasteiger partial charge < -0.3 is 25.6 Å². The summed E-state index contributed by atoms with van der Waals surface area (Å²) >= 11 is 0. The van der Waals surface area contributed by atoms with Crippen LogP contribution in [0, 0.1) is 11.8 Å². The van der Waals surface area contributed by atoms with Crippen LogP contribution >= 0.6 is 0 Å². The average molecular weight is 483 g/mol. The van der Waals surface area contributed by atoms with Crippen molar-refractivity contribution in [1.29, 1.82) is 0 Å². The number of nitrogens with one attached hydrogen (secondary N) is 2. The maximum Gasteiger partial charge on any atom is 0.407 e. The quantitative estimate of drug-likeness (QED) is 0.388. The normalized spacial score (nSPS) is 15.0. The molecule has 0 fully saturated rings. The van der Waals surface area contributed by atoms with E-state index in [0.717, 1.165) is 22.3 Å². The molecule has 2 unspecified atom stereocenters. The third kappa shape index (κ3) is 7.05. The van der Waals surface area contributed by atoms with Gasteiger partial charge in [0.05, 0.1) is 17.9 Å². The molecule has 2 aromatic rings. The number of carboxylic acids is 1. The van der Waals surface area contributed by atoms with Gasteiger partial charge in [-0.15, -0.1) is 0 Å². The SMILES string of the molecule is CC(C)CC(CNC(=O)OCC1c2ccccc2-c2ccccc21)C(=O)NCC(C)(O)CC(=O)O. The van der Waals surface area contributed by atoms with Gasteiger partial charge in [0, 0.05) is 19.0 Å². The number of fused-ring (bicyclic) bond motifs is 3. The molecular formula is C27H34N2O6. The maximum atomic E-state index is 12.7. The maximum absolute atomic E-state index is 12.7. The molecular weight excluding hydrogens is 448 g/mol. The minimum absolute atomic E-state index is 0.0561. The van der Waals surface area contributed by atoms with Crippen molar-refractivity contribution in [3.8, 4) is 11.1 Å². The average Bonchev–Trinajstić information content (AvgIpc) is 3.11. The smallest absolute Gasteiger partial charge is 0.407 e.